The Morgan fingerprint density at radius 3 is 2.43 bits per heavy atom. The van der Waals surface area contributed by atoms with Gasteiger partial charge >= 0.3 is 0 Å². The first-order chi connectivity index (χ1) is 14.5. The highest BCUT2D eigenvalue weighted by atomic mass is 16.1. The van der Waals surface area contributed by atoms with E-state index in [1.165, 1.54) is 18.5 Å². The van der Waals surface area contributed by atoms with Crippen molar-refractivity contribution in [2.24, 2.45) is 0 Å². The van der Waals surface area contributed by atoms with E-state index < -0.39 is 0 Å². The lowest BCUT2D eigenvalue weighted by molar-refractivity contribution is -0.116. The van der Waals surface area contributed by atoms with Crippen molar-refractivity contribution in [2.75, 3.05) is 23.3 Å². The molecule has 5 heteroatoms. The summed E-state index contributed by atoms with van der Waals surface area (Å²) in [6.45, 7) is 8.40. The molecule has 1 N–H and O–H groups in total. The summed E-state index contributed by atoms with van der Waals surface area (Å²) in [6.07, 6.45) is 3.64. The Balaban J connectivity index is 1.40. The maximum atomic E-state index is 12.6. The molecule has 3 aromatic rings. The molecule has 5 nitrogen and oxygen atoms in total. The van der Waals surface area contributed by atoms with Gasteiger partial charge < -0.3 is 10.2 Å². The maximum Gasteiger partial charge on any atom is 0.224 e. The van der Waals surface area contributed by atoms with E-state index in [1.807, 2.05) is 48.0 Å². The second-order valence-corrected chi connectivity index (χ2v) is 8.14. The van der Waals surface area contributed by atoms with E-state index in [0.29, 0.717) is 12.8 Å². The number of rotatable bonds is 6. The second-order valence-electron chi connectivity index (χ2n) is 8.14. The fourth-order valence-corrected chi connectivity index (χ4v) is 4.27. The predicted molar refractivity (Wildman–Crippen MR) is 123 cm³/mol. The molecule has 30 heavy (non-hydrogen) atoms. The third kappa shape index (κ3) is 4.25. The van der Waals surface area contributed by atoms with Crippen molar-refractivity contribution in [3.8, 4) is 5.69 Å². The van der Waals surface area contributed by atoms with Gasteiger partial charge in [-0.15, -0.1) is 0 Å². The molecule has 0 unspecified atom stereocenters. The van der Waals surface area contributed by atoms with Crippen molar-refractivity contribution in [2.45, 2.75) is 46.5 Å². The number of hydrogen-bond donors (Lipinski definition) is 1. The lowest BCUT2D eigenvalue weighted by Crippen LogP contribution is -2.18. The summed E-state index contributed by atoms with van der Waals surface area (Å²) in [4.78, 5) is 15.0. The minimum atomic E-state index is 0.0401. The van der Waals surface area contributed by atoms with Gasteiger partial charge in [0.15, 0.2) is 0 Å². The van der Waals surface area contributed by atoms with Gasteiger partial charge in [0.25, 0.3) is 0 Å². The number of nitrogens with zero attached hydrogens (tertiary/aromatic N) is 3. The minimum Gasteiger partial charge on any atom is -0.372 e. The van der Waals surface area contributed by atoms with Crippen LogP contribution in [0.25, 0.3) is 5.69 Å². The van der Waals surface area contributed by atoms with E-state index in [9.17, 15) is 4.79 Å². The molecule has 1 aliphatic rings. The first kappa shape index (κ1) is 20.2. The summed E-state index contributed by atoms with van der Waals surface area (Å²) in [5.41, 5.74) is 7.53. The molecule has 2 heterocycles. The van der Waals surface area contributed by atoms with Crippen LogP contribution in [-0.4, -0.2) is 28.8 Å². The molecule has 2 aromatic carbocycles. The number of para-hydroxylation sites is 1. The average molecular weight is 403 g/mol. The number of anilines is 2. The first-order valence-corrected chi connectivity index (χ1v) is 10.8. The maximum absolute atomic E-state index is 12.6. The average Bonchev–Trinajstić information content (AvgIpc) is 3.37. The van der Waals surface area contributed by atoms with Gasteiger partial charge in [-0.3, -0.25) is 4.79 Å². The van der Waals surface area contributed by atoms with Gasteiger partial charge in [0.05, 0.1) is 11.4 Å². The SMILES string of the molecule is Cc1cc(N2CCCC2)ccc1NC(=O)CCc1c(C)nn(-c2ccccc2)c1C. The van der Waals surface area contributed by atoms with E-state index in [0.717, 1.165) is 47.0 Å². The molecule has 1 fully saturated rings. The van der Waals surface area contributed by atoms with Crippen LogP contribution in [0.1, 0.15) is 41.8 Å². The van der Waals surface area contributed by atoms with Crippen LogP contribution in [0, 0.1) is 20.8 Å². The Morgan fingerprint density at radius 2 is 1.73 bits per heavy atom. The van der Waals surface area contributed by atoms with Crippen molar-refractivity contribution >= 4 is 17.3 Å². The summed E-state index contributed by atoms with van der Waals surface area (Å²) >= 11 is 0. The number of carbonyl (C=O) groups excluding carboxylic acids is 1. The van der Waals surface area contributed by atoms with Crippen LogP contribution in [0.4, 0.5) is 11.4 Å². The lowest BCUT2D eigenvalue weighted by atomic mass is 10.1. The van der Waals surface area contributed by atoms with Gasteiger partial charge in [0.1, 0.15) is 0 Å². The van der Waals surface area contributed by atoms with Crippen molar-refractivity contribution in [1.29, 1.82) is 0 Å². The predicted octanol–water partition coefficient (Wildman–Crippen LogP) is 4.97. The number of amides is 1. The highest BCUT2D eigenvalue weighted by molar-refractivity contribution is 5.92. The van der Waals surface area contributed by atoms with Gasteiger partial charge in [-0.2, -0.15) is 5.10 Å². The molecular weight excluding hydrogens is 372 g/mol. The Bertz CT molecular complexity index is 1030. The molecule has 4 rings (SSSR count). The number of benzene rings is 2. The molecular formula is C25H30N4O. The largest absolute Gasteiger partial charge is 0.372 e. The molecule has 0 bridgehead atoms. The van der Waals surface area contributed by atoms with Gasteiger partial charge in [-0.05, 0) is 81.5 Å². The summed E-state index contributed by atoms with van der Waals surface area (Å²) in [5, 5.41) is 7.78. The Hall–Kier alpha value is -3.08. The number of aryl methyl sites for hydroxylation is 2. The lowest BCUT2D eigenvalue weighted by Gasteiger charge is -2.19. The minimum absolute atomic E-state index is 0.0401. The zero-order chi connectivity index (χ0) is 21.1. The molecule has 0 spiro atoms. The molecule has 156 valence electrons. The number of carbonyl (C=O) groups is 1. The van der Waals surface area contributed by atoms with E-state index in [2.05, 4.69) is 41.3 Å². The van der Waals surface area contributed by atoms with Crippen LogP contribution >= 0.6 is 0 Å². The molecule has 0 atom stereocenters. The third-order valence-corrected chi connectivity index (χ3v) is 6.00. The van der Waals surface area contributed by atoms with Crippen molar-refractivity contribution in [3.05, 3.63) is 71.0 Å². The molecule has 1 saturated heterocycles. The molecule has 1 aromatic heterocycles. The van der Waals surface area contributed by atoms with Gasteiger partial charge in [-0.25, -0.2) is 4.68 Å². The molecule has 1 amide bonds. The van der Waals surface area contributed by atoms with Gasteiger partial charge in [-0.1, -0.05) is 18.2 Å². The van der Waals surface area contributed by atoms with Crippen LogP contribution in [0.5, 0.6) is 0 Å². The van der Waals surface area contributed by atoms with E-state index in [-0.39, 0.29) is 5.91 Å². The summed E-state index contributed by atoms with van der Waals surface area (Å²) in [6, 6.07) is 16.4. The van der Waals surface area contributed by atoms with Crippen LogP contribution in [0.3, 0.4) is 0 Å². The highest BCUT2D eigenvalue weighted by Crippen LogP contribution is 2.26. The third-order valence-electron chi connectivity index (χ3n) is 6.00. The summed E-state index contributed by atoms with van der Waals surface area (Å²) in [5.74, 6) is 0.0401. The van der Waals surface area contributed by atoms with E-state index in [4.69, 9.17) is 0 Å². The number of nitrogens with one attached hydrogen (secondary N) is 1. The normalized spacial score (nSPS) is 13.6. The fourth-order valence-electron chi connectivity index (χ4n) is 4.27. The molecule has 0 saturated carbocycles. The Labute approximate surface area is 178 Å². The quantitative estimate of drug-likeness (QED) is 0.633. The Morgan fingerprint density at radius 1 is 1.00 bits per heavy atom. The van der Waals surface area contributed by atoms with Crippen molar-refractivity contribution in [1.82, 2.24) is 9.78 Å². The zero-order valence-electron chi connectivity index (χ0n) is 18.1. The summed E-state index contributed by atoms with van der Waals surface area (Å²) < 4.78 is 1.96. The molecule has 0 aliphatic carbocycles. The molecule has 0 radical (unpaired) electrons. The second kappa shape index (κ2) is 8.74. The smallest absolute Gasteiger partial charge is 0.224 e. The van der Waals surface area contributed by atoms with Crippen LogP contribution in [0.15, 0.2) is 48.5 Å². The van der Waals surface area contributed by atoms with Crippen LogP contribution < -0.4 is 10.2 Å². The van der Waals surface area contributed by atoms with Crippen LogP contribution in [-0.2, 0) is 11.2 Å². The van der Waals surface area contributed by atoms with Gasteiger partial charge in [0, 0.05) is 36.6 Å². The molecule has 1 aliphatic heterocycles. The zero-order valence-corrected chi connectivity index (χ0v) is 18.1. The topological polar surface area (TPSA) is 50.2 Å². The van der Waals surface area contributed by atoms with Crippen molar-refractivity contribution < 1.29 is 4.79 Å². The first-order valence-electron chi connectivity index (χ1n) is 10.8. The van der Waals surface area contributed by atoms with Gasteiger partial charge in [0.2, 0.25) is 5.91 Å². The highest BCUT2D eigenvalue weighted by Gasteiger charge is 2.16. The number of hydrogen-bond acceptors (Lipinski definition) is 3. The standard InChI is InChI=1S/C25H30N4O/c1-18-17-22(28-15-7-8-16-28)11-13-24(18)26-25(30)14-12-23-19(2)27-29(20(23)3)21-9-5-4-6-10-21/h4-6,9-11,13,17H,7-8,12,14-16H2,1-3H3,(H,26,30). The Kier molecular flexibility index (Phi) is 5.88. The fraction of sp³-hybridized carbons (Fsp3) is 0.360. The van der Waals surface area contributed by atoms with E-state index >= 15 is 0 Å². The van der Waals surface area contributed by atoms with E-state index in [1.54, 1.807) is 0 Å². The monoisotopic (exact) mass is 402 g/mol. The number of aromatic nitrogens is 2. The van der Waals surface area contributed by atoms with Crippen LogP contribution in [0.2, 0.25) is 0 Å². The summed E-state index contributed by atoms with van der Waals surface area (Å²) in [7, 11) is 0. The van der Waals surface area contributed by atoms with Crippen molar-refractivity contribution in [3.63, 3.8) is 0 Å².